The zero-order valence-electron chi connectivity index (χ0n) is 20.6. The number of fused-ring (bicyclic) bond motifs is 2. The van der Waals surface area contributed by atoms with E-state index in [0.717, 1.165) is 11.3 Å². The Hall–Kier alpha value is -3.96. The normalized spacial score (nSPS) is 14.5. The minimum Gasteiger partial charge on any atom is -0.493 e. The highest BCUT2D eigenvalue weighted by Gasteiger charge is 2.45. The van der Waals surface area contributed by atoms with Crippen molar-refractivity contribution in [2.45, 2.75) is 13.0 Å². The molecule has 11 heteroatoms. The van der Waals surface area contributed by atoms with Crippen molar-refractivity contribution in [1.29, 1.82) is 0 Å². The predicted molar refractivity (Wildman–Crippen MR) is 146 cm³/mol. The molecular formula is C27H21BrN2O7S. The Morgan fingerprint density at radius 2 is 2.00 bits per heavy atom. The molecule has 1 aliphatic rings. The largest absolute Gasteiger partial charge is 0.493 e. The summed E-state index contributed by atoms with van der Waals surface area (Å²) in [5.41, 5.74) is 1.06. The van der Waals surface area contributed by atoms with Crippen LogP contribution in [-0.4, -0.2) is 37.7 Å². The summed E-state index contributed by atoms with van der Waals surface area (Å²) >= 11 is 4.40. The highest BCUT2D eigenvalue weighted by atomic mass is 79.9. The first kappa shape index (κ1) is 25.7. The van der Waals surface area contributed by atoms with Crippen molar-refractivity contribution in [1.82, 2.24) is 4.98 Å². The Balaban J connectivity index is 1.76. The van der Waals surface area contributed by atoms with E-state index in [2.05, 4.69) is 27.5 Å². The highest BCUT2D eigenvalue weighted by molar-refractivity contribution is 9.10. The summed E-state index contributed by atoms with van der Waals surface area (Å²) in [6.45, 7) is 5.58. The highest BCUT2D eigenvalue weighted by Crippen LogP contribution is 2.45. The second kappa shape index (κ2) is 10.1. The van der Waals surface area contributed by atoms with Crippen LogP contribution < -0.4 is 19.8 Å². The van der Waals surface area contributed by atoms with Gasteiger partial charge in [0, 0.05) is 4.47 Å². The van der Waals surface area contributed by atoms with Gasteiger partial charge in [0.2, 0.25) is 5.76 Å². The number of thiazole rings is 1. The summed E-state index contributed by atoms with van der Waals surface area (Å²) in [6, 6.07) is 9.25. The standard InChI is InChI=1S/C27H21BrN2O7S/c1-5-10-36-18-8-6-14(11-19(18)34-3)21-20-22(31)16-12-15(28)7-9-17(16)37-23(20)25(32)30(21)27-29-13(2)24(38-27)26(33)35-4/h5-9,11-12,21H,1,10H2,2-4H3. The number of methoxy groups -OCH3 is 2. The molecule has 0 N–H and O–H groups in total. The van der Waals surface area contributed by atoms with Crippen molar-refractivity contribution in [3.05, 3.63) is 91.2 Å². The maximum Gasteiger partial charge on any atom is 0.350 e. The van der Waals surface area contributed by atoms with Crippen LogP contribution in [0.3, 0.4) is 0 Å². The third-order valence-corrected chi connectivity index (χ3v) is 7.68. The van der Waals surface area contributed by atoms with Gasteiger partial charge >= 0.3 is 5.97 Å². The van der Waals surface area contributed by atoms with E-state index in [0.29, 0.717) is 32.6 Å². The van der Waals surface area contributed by atoms with Gasteiger partial charge in [-0.2, -0.15) is 0 Å². The van der Waals surface area contributed by atoms with Gasteiger partial charge in [-0.1, -0.05) is 46.0 Å². The van der Waals surface area contributed by atoms with E-state index in [9.17, 15) is 14.4 Å². The molecule has 1 aliphatic heterocycles. The molecule has 1 atom stereocenters. The summed E-state index contributed by atoms with van der Waals surface area (Å²) < 4.78 is 22.8. The zero-order chi connectivity index (χ0) is 27.1. The molecule has 4 aromatic rings. The Morgan fingerprint density at radius 3 is 2.71 bits per heavy atom. The summed E-state index contributed by atoms with van der Waals surface area (Å²) in [5, 5.41) is 0.543. The SMILES string of the molecule is C=CCOc1ccc(C2c3c(oc4ccc(Br)cc4c3=O)C(=O)N2c2nc(C)c(C(=O)OC)s2)cc1OC. The smallest absolute Gasteiger partial charge is 0.350 e. The van der Waals surface area contributed by atoms with Gasteiger partial charge in [-0.25, -0.2) is 9.78 Å². The van der Waals surface area contributed by atoms with E-state index in [4.69, 9.17) is 18.6 Å². The van der Waals surface area contributed by atoms with Gasteiger partial charge in [-0.05, 0) is 42.8 Å². The lowest BCUT2D eigenvalue weighted by Crippen LogP contribution is -2.29. The van der Waals surface area contributed by atoms with Crippen molar-refractivity contribution >= 4 is 55.2 Å². The number of hydrogen-bond acceptors (Lipinski definition) is 9. The maximum atomic E-state index is 13.9. The minimum atomic E-state index is -0.907. The fourth-order valence-corrected chi connectivity index (χ4v) is 5.72. The van der Waals surface area contributed by atoms with Gasteiger partial charge in [-0.3, -0.25) is 14.5 Å². The van der Waals surface area contributed by atoms with Gasteiger partial charge in [0.05, 0.1) is 36.9 Å². The molecule has 2 aromatic heterocycles. The third kappa shape index (κ3) is 4.17. The van der Waals surface area contributed by atoms with Crippen molar-refractivity contribution in [2.24, 2.45) is 0 Å². The van der Waals surface area contributed by atoms with Crippen molar-refractivity contribution in [3.8, 4) is 11.5 Å². The van der Waals surface area contributed by atoms with Gasteiger partial charge in [-0.15, -0.1) is 0 Å². The molecule has 3 heterocycles. The molecule has 0 saturated carbocycles. The summed E-state index contributed by atoms with van der Waals surface area (Å²) in [7, 11) is 2.77. The van der Waals surface area contributed by atoms with Crippen LogP contribution in [0.5, 0.6) is 11.5 Å². The Bertz CT molecular complexity index is 1680. The molecule has 2 aromatic carbocycles. The number of hydrogen-bond donors (Lipinski definition) is 0. The van der Waals surface area contributed by atoms with Crippen LogP contribution in [0.15, 0.2) is 62.7 Å². The maximum absolute atomic E-state index is 13.9. The summed E-state index contributed by atoms with van der Waals surface area (Å²) in [6.07, 6.45) is 1.61. The zero-order valence-corrected chi connectivity index (χ0v) is 23.0. The fourth-order valence-electron chi connectivity index (χ4n) is 4.35. The first-order chi connectivity index (χ1) is 18.3. The molecule has 1 amide bonds. The molecule has 0 fully saturated rings. The second-order valence-electron chi connectivity index (χ2n) is 8.30. The number of rotatable bonds is 7. The number of aromatic nitrogens is 1. The number of ether oxygens (including phenoxy) is 3. The molecule has 0 radical (unpaired) electrons. The average molecular weight is 597 g/mol. The number of esters is 1. The number of benzene rings is 2. The number of carbonyl (C=O) groups excluding carboxylic acids is 2. The van der Waals surface area contributed by atoms with Gasteiger partial charge in [0.15, 0.2) is 22.1 Å². The van der Waals surface area contributed by atoms with Crippen molar-refractivity contribution in [2.75, 3.05) is 25.7 Å². The Labute approximate surface area is 229 Å². The van der Waals surface area contributed by atoms with E-state index < -0.39 is 17.9 Å². The minimum absolute atomic E-state index is 0.0896. The number of aryl methyl sites for hydroxylation is 1. The fraction of sp³-hybridized carbons (Fsp3) is 0.185. The van der Waals surface area contributed by atoms with E-state index in [1.807, 2.05) is 0 Å². The number of amides is 1. The van der Waals surface area contributed by atoms with E-state index >= 15 is 0 Å². The third-order valence-electron chi connectivity index (χ3n) is 6.05. The molecule has 38 heavy (non-hydrogen) atoms. The number of carbonyl (C=O) groups is 2. The molecule has 0 spiro atoms. The van der Waals surface area contributed by atoms with Gasteiger partial charge < -0.3 is 18.6 Å². The number of halogens is 1. The quantitative estimate of drug-likeness (QED) is 0.205. The van der Waals surface area contributed by atoms with Crippen LogP contribution >= 0.6 is 27.3 Å². The van der Waals surface area contributed by atoms with Crippen LogP contribution in [0.1, 0.15) is 43.1 Å². The topological polar surface area (TPSA) is 108 Å². The number of anilines is 1. The van der Waals surface area contributed by atoms with E-state index in [-0.39, 0.29) is 39.0 Å². The second-order valence-corrected chi connectivity index (χ2v) is 10.2. The first-order valence-electron chi connectivity index (χ1n) is 11.4. The molecule has 0 aliphatic carbocycles. The van der Waals surface area contributed by atoms with Gasteiger partial charge in [0.25, 0.3) is 5.91 Å². The van der Waals surface area contributed by atoms with E-state index in [1.54, 1.807) is 49.4 Å². The van der Waals surface area contributed by atoms with Crippen LogP contribution in [0.4, 0.5) is 5.13 Å². The summed E-state index contributed by atoms with van der Waals surface area (Å²) in [4.78, 5) is 46.1. The van der Waals surface area contributed by atoms with Crippen LogP contribution in [-0.2, 0) is 4.74 Å². The molecular weight excluding hydrogens is 576 g/mol. The van der Waals surface area contributed by atoms with Crippen LogP contribution in [0.25, 0.3) is 11.0 Å². The lowest BCUT2D eigenvalue weighted by Gasteiger charge is -2.23. The summed E-state index contributed by atoms with van der Waals surface area (Å²) in [5.74, 6) is -0.332. The molecule has 5 rings (SSSR count). The molecule has 0 bridgehead atoms. The lowest BCUT2D eigenvalue weighted by atomic mass is 9.98. The van der Waals surface area contributed by atoms with Crippen molar-refractivity contribution in [3.63, 3.8) is 0 Å². The Morgan fingerprint density at radius 1 is 1.21 bits per heavy atom. The molecule has 1 unspecified atom stereocenters. The number of nitrogens with zero attached hydrogens (tertiary/aromatic N) is 2. The Kier molecular flexibility index (Phi) is 6.80. The molecule has 194 valence electrons. The molecule has 0 saturated heterocycles. The van der Waals surface area contributed by atoms with Gasteiger partial charge in [0.1, 0.15) is 17.1 Å². The van der Waals surface area contributed by atoms with E-state index in [1.165, 1.54) is 19.1 Å². The lowest BCUT2D eigenvalue weighted by molar-refractivity contribution is 0.0605. The average Bonchev–Trinajstić information content (AvgIpc) is 3.44. The van der Waals surface area contributed by atoms with Crippen molar-refractivity contribution < 1.29 is 28.2 Å². The molecule has 9 nitrogen and oxygen atoms in total. The monoisotopic (exact) mass is 596 g/mol. The van der Waals surface area contributed by atoms with Crippen LogP contribution in [0, 0.1) is 6.92 Å². The predicted octanol–water partition coefficient (Wildman–Crippen LogP) is 5.43. The first-order valence-corrected chi connectivity index (χ1v) is 13.0. The van der Waals surface area contributed by atoms with Crippen LogP contribution in [0.2, 0.25) is 0 Å².